The van der Waals surface area contributed by atoms with Gasteiger partial charge in [-0.2, -0.15) is 0 Å². The van der Waals surface area contributed by atoms with E-state index in [1.807, 2.05) is 0 Å². The molecule has 0 aromatic heterocycles. The van der Waals surface area contributed by atoms with Crippen molar-refractivity contribution in [1.29, 1.82) is 0 Å². The van der Waals surface area contributed by atoms with Crippen molar-refractivity contribution < 1.29 is 4.74 Å². The van der Waals surface area contributed by atoms with Gasteiger partial charge < -0.3 is 15.0 Å². The fraction of sp³-hybridized carbons (Fsp3) is 0.571. The fourth-order valence-electron chi connectivity index (χ4n) is 2.74. The second-order valence-electron chi connectivity index (χ2n) is 4.79. The van der Waals surface area contributed by atoms with Gasteiger partial charge >= 0.3 is 0 Å². The first-order valence-electron chi connectivity index (χ1n) is 6.63. The predicted octanol–water partition coefficient (Wildman–Crippen LogP) is 2.27. The zero-order chi connectivity index (χ0) is 11.5. The van der Waals surface area contributed by atoms with E-state index in [2.05, 4.69) is 28.4 Å². The molecule has 1 N–H and O–H groups in total. The summed E-state index contributed by atoms with van der Waals surface area (Å²) in [5.74, 6) is 0. The quantitative estimate of drug-likeness (QED) is 0.804. The van der Waals surface area contributed by atoms with E-state index in [0.29, 0.717) is 0 Å². The average Bonchev–Trinajstić information content (AvgIpc) is 2.67. The average molecular weight is 232 g/mol. The van der Waals surface area contributed by atoms with Crippen LogP contribution in [0.1, 0.15) is 18.4 Å². The molecule has 0 amide bonds. The van der Waals surface area contributed by atoms with Gasteiger partial charge in [0.25, 0.3) is 0 Å². The Labute approximate surface area is 103 Å². The van der Waals surface area contributed by atoms with Gasteiger partial charge in [0.2, 0.25) is 0 Å². The van der Waals surface area contributed by atoms with Gasteiger partial charge in [0, 0.05) is 26.2 Å². The van der Waals surface area contributed by atoms with Gasteiger partial charge in [0.15, 0.2) is 0 Å². The highest BCUT2D eigenvalue weighted by atomic mass is 16.5. The Kier molecular flexibility index (Phi) is 3.18. The van der Waals surface area contributed by atoms with E-state index < -0.39 is 0 Å². The van der Waals surface area contributed by atoms with Gasteiger partial charge in [0.1, 0.15) is 0 Å². The minimum absolute atomic E-state index is 0.851. The van der Waals surface area contributed by atoms with E-state index in [4.69, 9.17) is 4.74 Å². The van der Waals surface area contributed by atoms with Gasteiger partial charge in [-0.05, 0) is 30.9 Å². The zero-order valence-corrected chi connectivity index (χ0v) is 10.2. The van der Waals surface area contributed by atoms with Gasteiger partial charge in [-0.15, -0.1) is 0 Å². The monoisotopic (exact) mass is 232 g/mol. The Morgan fingerprint density at radius 2 is 2.12 bits per heavy atom. The highest BCUT2D eigenvalue weighted by molar-refractivity contribution is 5.74. The van der Waals surface area contributed by atoms with Gasteiger partial charge in [-0.1, -0.05) is 12.1 Å². The van der Waals surface area contributed by atoms with Crippen molar-refractivity contribution in [2.24, 2.45) is 0 Å². The summed E-state index contributed by atoms with van der Waals surface area (Å²) in [5, 5.41) is 3.57. The number of ether oxygens (including phenoxy) is 1. The van der Waals surface area contributed by atoms with Crippen LogP contribution in [0.15, 0.2) is 18.2 Å². The van der Waals surface area contributed by atoms with Crippen LogP contribution >= 0.6 is 0 Å². The van der Waals surface area contributed by atoms with E-state index in [9.17, 15) is 0 Å². The smallest absolute Gasteiger partial charge is 0.0641 e. The van der Waals surface area contributed by atoms with E-state index in [1.165, 1.54) is 29.8 Å². The van der Waals surface area contributed by atoms with Crippen LogP contribution in [0, 0.1) is 0 Å². The molecule has 2 aliphatic rings. The number of anilines is 2. The lowest BCUT2D eigenvalue weighted by atomic mass is 10.0. The lowest BCUT2D eigenvalue weighted by molar-refractivity contribution is 0.152. The normalized spacial score (nSPS) is 20.4. The summed E-state index contributed by atoms with van der Waals surface area (Å²) < 4.78 is 5.53. The van der Waals surface area contributed by atoms with Crippen LogP contribution in [0.2, 0.25) is 0 Å². The molecule has 0 unspecified atom stereocenters. The molecular formula is C14H20N2O. The number of rotatable bonds is 1. The van der Waals surface area contributed by atoms with Crippen molar-refractivity contribution in [2.45, 2.75) is 19.3 Å². The van der Waals surface area contributed by atoms with Crippen molar-refractivity contribution in [2.75, 3.05) is 43.1 Å². The molecule has 0 spiro atoms. The van der Waals surface area contributed by atoms with Crippen molar-refractivity contribution >= 4 is 11.4 Å². The molecular weight excluding hydrogens is 212 g/mol. The second-order valence-corrected chi connectivity index (χ2v) is 4.79. The molecule has 92 valence electrons. The maximum Gasteiger partial charge on any atom is 0.0641 e. The lowest BCUT2D eigenvalue weighted by Gasteiger charge is -2.29. The maximum atomic E-state index is 5.53. The molecule has 0 saturated carbocycles. The molecule has 0 radical (unpaired) electrons. The number of hydrogen-bond acceptors (Lipinski definition) is 3. The third-order valence-electron chi connectivity index (χ3n) is 3.62. The second kappa shape index (κ2) is 4.96. The third-order valence-corrected chi connectivity index (χ3v) is 3.62. The minimum Gasteiger partial charge on any atom is -0.383 e. The molecule has 2 heterocycles. The summed E-state index contributed by atoms with van der Waals surface area (Å²) in [5.41, 5.74) is 4.20. The number of para-hydroxylation sites is 1. The zero-order valence-electron chi connectivity index (χ0n) is 10.2. The SMILES string of the molecule is c1cc2c(c(N3CCCOCC3)c1)NCCC2. The van der Waals surface area contributed by atoms with Gasteiger partial charge in [0.05, 0.1) is 18.0 Å². The number of nitrogens with zero attached hydrogens (tertiary/aromatic N) is 1. The minimum atomic E-state index is 0.851. The molecule has 1 aromatic rings. The molecule has 0 aliphatic carbocycles. The fourth-order valence-corrected chi connectivity index (χ4v) is 2.74. The van der Waals surface area contributed by atoms with Crippen LogP contribution in [0.4, 0.5) is 11.4 Å². The van der Waals surface area contributed by atoms with Crippen LogP contribution in [-0.2, 0) is 11.2 Å². The van der Waals surface area contributed by atoms with Crippen LogP contribution in [0.5, 0.6) is 0 Å². The molecule has 1 fully saturated rings. The van der Waals surface area contributed by atoms with Crippen LogP contribution in [-0.4, -0.2) is 32.8 Å². The first-order valence-corrected chi connectivity index (χ1v) is 6.63. The first-order chi connectivity index (χ1) is 8.45. The first kappa shape index (κ1) is 10.9. The maximum absolute atomic E-state index is 5.53. The number of nitrogens with one attached hydrogen (secondary N) is 1. The topological polar surface area (TPSA) is 24.5 Å². The largest absolute Gasteiger partial charge is 0.383 e. The van der Waals surface area contributed by atoms with Crippen LogP contribution in [0.25, 0.3) is 0 Å². The Morgan fingerprint density at radius 1 is 1.12 bits per heavy atom. The third kappa shape index (κ3) is 2.25. The summed E-state index contributed by atoms with van der Waals surface area (Å²) in [6, 6.07) is 6.68. The number of hydrogen-bond donors (Lipinski definition) is 1. The van der Waals surface area contributed by atoms with Crippen LogP contribution in [0.3, 0.4) is 0 Å². The van der Waals surface area contributed by atoms with Crippen molar-refractivity contribution in [3.05, 3.63) is 23.8 Å². The Bertz CT molecular complexity index is 384. The molecule has 1 saturated heterocycles. The molecule has 0 atom stereocenters. The lowest BCUT2D eigenvalue weighted by Crippen LogP contribution is -2.28. The number of aryl methyl sites for hydroxylation is 1. The van der Waals surface area contributed by atoms with E-state index in [1.54, 1.807) is 0 Å². The highest BCUT2D eigenvalue weighted by Crippen LogP contribution is 2.33. The van der Waals surface area contributed by atoms with Crippen molar-refractivity contribution in [3.63, 3.8) is 0 Å². The molecule has 3 rings (SSSR count). The van der Waals surface area contributed by atoms with Crippen LogP contribution < -0.4 is 10.2 Å². The Balaban J connectivity index is 1.90. The summed E-state index contributed by atoms with van der Waals surface area (Å²) >= 11 is 0. The van der Waals surface area contributed by atoms with E-state index in [0.717, 1.165) is 39.3 Å². The van der Waals surface area contributed by atoms with Crippen molar-refractivity contribution in [3.8, 4) is 0 Å². The molecule has 2 aliphatic heterocycles. The Morgan fingerprint density at radius 3 is 3.12 bits per heavy atom. The number of benzene rings is 1. The summed E-state index contributed by atoms with van der Waals surface area (Å²) in [7, 11) is 0. The van der Waals surface area contributed by atoms with Crippen molar-refractivity contribution in [1.82, 2.24) is 0 Å². The predicted molar refractivity (Wildman–Crippen MR) is 70.9 cm³/mol. The summed E-state index contributed by atoms with van der Waals surface area (Å²) in [4.78, 5) is 2.46. The summed E-state index contributed by atoms with van der Waals surface area (Å²) in [6.07, 6.45) is 3.59. The number of fused-ring (bicyclic) bond motifs is 1. The summed E-state index contributed by atoms with van der Waals surface area (Å²) in [6.45, 7) is 4.98. The molecule has 0 bridgehead atoms. The molecule has 3 heteroatoms. The van der Waals surface area contributed by atoms with E-state index in [-0.39, 0.29) is 0 Å². The Hall–Kier alpha value is -1.22. The van der Waals surface area contributed by atoms with E-state index >= 15 is 0 Å². The van der Waals surface area contributed by atoms with Gasteiger partial charge in [-0.25, -0.2) is 0 Å². The molecule has 3 nitrogen and oxygen atoms in total. The molecule has 1 aromatic carbocycles. The standard InChI is InChI=1S/C14H20N2O/c1-4-12-5-2-7-15-14(12)13(6-1)16-8-3-10-17-11-9-16/h1,4,6,15H,2-3,5,7-11H2. The molecule has 17 heavy (non-hydrogen) atoms. The van der Waals surface area contributed by atoms with Gasteiger partial charge in [-0.3, -0.25) is 0 Å². The highest BCUT2D eigenvalue weighted by Gasteiger charge is 2.17.